The number of pyridine rings is 1. The first-order valence-corrected chi connectivity index (χ1v) is 5.92. The van der Waals surface area contributed by atoms with Crippen molar-refractivity contribution in [3.05, 3.63) is 41.1 Å². The molecule has 0 radical (unpaired) electrons. The van der Waals surface area contributed by atoms with Crippen LogP contribution in [-0.2, 0) is 0 Å². The molecule has 0 aromatic carbocycles. The second kappa shape index (κ2) is 3.81. The lowest BCUT2D eigenvalue weighted by atomic mass is 10.2. The predicted octanol–water partition coefficient (Wildman–Crippen LogP) is 3.41. The number of fused-ring (bicyclic) bond motifs is 1. The second-order valence-electron chi connectivity index (χ2n) is 3.20. The average molecular weight is 248 g/mol. The highest BCUT2D eigenvalue weighted by Crippen LogP contribution is 2.28. The van der Waals surface area contributed by atoms with Crippen LogP contribution in [0.4, 0.5) is 0 Å². The minimum absolute atomic E-state index is 0.260. The number of rotatable bonds is 1. The van der Waals surface area contributed by atoms with Crippen LogP contribution in [0.25, 0.3) is 21.6 Å². The summed E-state index contributed by atoms with van der Waals surface area (Å²) in [6.45, 7) is 0. The van der Waals surface area contributed by atoms with E-state index in [1.165, 1.54) is 0 Å². The maximum absolute atomic E-state index is 5.89. The van der Waals surface area contributed by atoms with Gasteiger partial charge in [0.05, 0.1) is 5.69 Å². The molecular formula is C11H6ClN3S. The molecule has 0 saturated heterocycles. The van der Waals surface area contributed by atoms with Crippen LogP contribution in [0.5, 0.6) is 0 Å². The zero-order chi connectivity index (χ0) is 11.0. The predicted molar refractivity (Wildman–Crippen MR) is 65.7 cm³/mol. The van der Waals surface area contributed by atoms with Crippen molar-refractivity contribution in [1.82, 2.24) is 15.0 Å². The van der Waals surface area contributed by atoms with Crippen LogP contribution in [0.15, 0.2) is 35.8 Å². The van der Waals surface area contributed by atoms with Crippen LogP contribution in [-0.4, -0.2) is 15.0 Å². The SMILES string of the molecule is Clc1nc(-c2ccccn2)c2ccsc2n1. The lowest BCUT2D eigenvalue weighted by Crippen LogP contribution is -1.90. The van der Waals surface area contributed by atoms with Gasteiger partial charge in [-0.3, -0.25) is 4.98 Å². The standard InChI is InChI=1S/C11H6ClN3S/c12-11-14-9(8-3-1-2-5-13-8)7-4-6-16-10(7)15-11/h1-6H. The largest absolute Gasteiger partial charge is 0.255 e. The third kappa shape index (κ3) is 1.56. The molecule has 0 bridgehead atoms. The van der Waals surface area contributed by atoms with E-state index in [1.54, 1.807) is 17.5 Å². The van der Waals surface area contributed by atoms with Gasteiger partial charge in [-0.05, 0) is 35.2 Å². The van der Waals surface area contributed by atoms with Gasteiger partial charge in [0.1, 0.15) is 10.5 Å². The molecule has 3 nitrogen and oxygen atoms in total. The average Bonchev–Trinajstić information content (AvgIpc) is 2.77. The molecule has 0 amide bonds. The van der Waals surface area contributed by atoms with Crippen molar-refractivity contribution in [3.8, 4) is 11.4 Å². The van der Waals surface area contributed by atoms with Crippen molar-refractivity contribution in [3.63, 3.8) is 0 Å². The van der Waals surface area contributed by atoms with E-state index >= 15 is 0 Å². The highest BCUT2D eigenvalue weighted by Gasteiger charge is 2.10. The third-order valence-corrected chi connectivity index (χ3v) is 3.18. The molecule has 0 unspecified atom stereocenters. The fourth-order valence-corrected chi connectivity index (χ4v) is 2.51. The van der Waals surface area contributed by atoms with E-state index in [-0.39, 0.29) is 5.28 Å². The minimum Gasteiger partial charge on any atom is -0.255 e. The lowest BCUT2D eigenvalue weighted by Gasteiger charge is -2.01. The number of halogens is 1. The smallest absolute Gasteiger partial charge is 0.224 e. The summed E-state index contributed by atoms with van der Waals surface area (Å²) in [4.78, 5) is 13.6. The first-order valence-electron chi connectivity index (χ1n) is 4.67. The van der Waals surface area contributed by atoms with Crippen molar-refractivity contribution in [2.24, 2.45) is 0 Å². The number of hydrogen-bond donors (Lipinski definition) is 0. The van der Waals surface area contributed by atoms with Gasteiger partial charge in [0, 0.05) is 11.6 Å². The van der Waals surface area contributed by atoms with Gasteiger partial charge < -0.3 is 0 Å². The van der Waals surface area contributed by atoms with Crippen molar-refractivity contribution >= 4 is 33.2 Å². The number of aromatic nitrogens is 3. The Bertz CT molecular complexity index is 636. The summed E-state index contributed by atoms with van der Waals surface area (Å²) in [5, 5.41) is 3.23. The van der Waals surface area contributed by atoms with Crippen LogP contribution >= 0.6 is 22.9 Å². The number of hydrogen-bond acceptors (Lipinski definition) is 4. The summed E-state index contributed by atoms with van der Waals surface area (Å²) in [5.74, 6) is 0. The molecule has 3 aromatic heterocycles. The Kier molecular flexibility index (Phi) is 2.31. The summed E-state index contributed by atoms with van der Waals surface area (Å²) >= 11 is 7.43. The fourth-order valence-electron chi connectivity index (χ4n) is 1.53. The summed E-state index contributed by atoms with van der Waals surface area (Å²) in [5.41, 5.74) is 1.60. The summed E-state index contributed by atoms with van der Waals surface area (Å²) < 4.78 is 0. The zero-order valence-corrected chi connectivity index (χ0v) is 9.66. The fraction of sp³-hybridized carbons (Fsp3) is 0. The van der Waals surface area contributed by atoms with E-state index < -0.39 is 0 Å². The van der Waals surface area contributed by atoms with E-state index in [4.69, 9.17) is 11.6 Å². The van der Waals surface area contributed by atoms with E-state index in [1.807, 2.05) is 29.6 Å². The molecule has 16 heavy (non-hydrogen) atoms. The van der Waals surface area contributed by atoms with Crippen LogP contribution in [0.1, 0.15) is 0 Å². The molecule has 0 saturated carbocycles. The van der Waals surface area contributed by atoms with Gasteiger partial charge >= 0.3 is 0 Å². The molecule has 5 heteroatoms. The highest BCUT2D eigenvalue weighted by atomic mass is 35.5. The molecule has 78 valence electrons. The molecule has 0 aliphatic carbocycles. The number of nitrogens with zero attached hydrogens (tertiary/aromatic N) is 3. The second-order valence-corrected chi connectivity index (χ2v) is 4.43. The Hall–Kier alpha value is -1.52. The van der Waals surface area contributed by atoms with Crippen molar-refractivity contribution < 1.29 is 0 Å². The molecule has 3 heterocycles. The molecule has 0 aliphatic rings. The van der Waals surface area contributed by atoms with Gasteiger partial charge in [-0.1, -0.05) is 6.07 Å². The third-order valence-electron chi connectivity index (χ3n) is 2.21. The van der Waals surface area contributed by atoms with Crippen molar-refractivity contribution in [2.45, 2.75) is 0 Å². The van der Waals surface area contributed by atoms with Crippen LogP contribution < -0.4 is 0 Å². The van der Waals surface area contributed by atoms with Crippen molar-refractivity contribution in [2.75, 3.05) is 0 Å². The Morgan fingerprint density at radius 1 is 1.12 bits per heavy atom. The molecular weight excluding hydrogens is 242 g/mol. The molecule has 3 rings (SSSR count). The summed E-state index contributed by atoms with van der Waals surface area (Å²) in [6, 6.07) is 7.70. The monoisotopic (exact) mass is 247 g/mol. The van der Waals surface area contributed by atoms with Crippen LogP contribution in [0, 0.1) is 0 Å². The van der Waals surface area contributed by atoms with Gasteiger partial charge in [-0.2, -0.15) is 0 Å². The molecule has 0 fully saturated rings. The number of thiophene rings is 1. The Morgan fingerprint density at radius 2 is 2.06 bits per heavy atom. The van der Waals surface area contributed by atoms with Gasteiger partial charge in [0.2, 0.25) is 5.28 Å². The maximum atomic E-state index is 5.89. The Morgan fingerprint density at radius 3 is 2.88 bits per heavy atom. The van der Waals surface area contributed by atoms with Gasteiger partial charge in [-0.15, -0.1) is 11.3 Å². The van der Waals surface area contributed by atoms with Crippen LogP contribution in [0.2, 0.25) is 5.28 Å². The Balaban J connectivity index is 2.34. The first-order chi connectivity index (χ1) is 7.84. The van der Waals surface area contributed by atoms with Gasteiger partial charge in [0.25, 0.3) is 0 Å². The summed E-state index contributed by atoms with van der Waals surface area (Å²) in [7, 11) is 0. The normalized spacial score (nSPS) is 10.8. The van der Waals surface area contributed by atoms with Gasteiger partial charge in [-0.25, -0.2) is 9.97 Å². The van der Waals surface area contributed by atoms with E-state index in [9.17, 15) is 0 Å². The Labute approximate surface area is 101 Å². The molecule has 0 N–H and O–H groups in total. The quantitative estimate of drug-likeness (QED) is 0.619. The van der Waals surface area contributed by atoms with Gasteiger partial charge in [0.15, 0.2) is 0 Å². The lowest BCUT2D eigenvalue weighted by molar-refractivity contribution is 1.20. The zero-order valence-electron chi connectivity index (χ0n) is 8.09. The topological polar surface area (TPSA) is 38.7 Å². The molecule has 0 aliphatic heterocycles. The van der Waals surface area contributed by atoms with E-state index in [0.717, 1.165) is 21.6 Å². The summed E-state index contributed by atoms with van der Waals surface area (Å²) in [6.07, 6.45) is 1.74. The van der Waals surface area contributed by atoms with Crippen molar-refractivity contribution in [1.29, 1.82) is 0 Å². The molecule has 0 spiro atoms. The maximum Gasteiger partial charge on any atom is 0.224 e. The first kappa shape index (κ1) is 9.69. The minimum atomic E-state index is 0.260. The highest BCUT2D eigenvalue weighted by molar-refractivity contribution is 7.16. The van der Waals surface area contributed by atoms with Crippen LogP contribution in [0.3, 0.4) is 0 Å². The molecule has 3 aromatic rings. The van der Waals surface area contributed by atoms with E-state index in [2.05, 4.69) is 15.0 Å². The van der Waals surface area contributed by atoms with E-state index in [0.29, 0.717) is 0 Å². The molecule has 0 atom stereocenters.